The van der Waals surface area contributed by atoms with Crippen molar-refractivity contribution in [3.8, 4) is 0 Å². The van der Waals surface area contributed by atoms with E-state index in [1.54, 1.807) is 7.05 Å². The molecule has 0 saturated carbocycles. The number of likely N-dealkylation sites (N-methyl/N-ethyl adjacent to an activating group) is 1. The normalized spacial score (nSPS) is 15.1. The van der Waals surface area contributed by atoms with Crippen LogP contribution in [0.4, 0.5) is 0 Å². The smallest absolute Gasteiger partial charge is 0.222 e. The average Bonchev–Trinajstić information content (AvgIpc) is 2.14. The predicted octanol–water partition coefficient (Wildman–Crippen LogP) is 0.365. The Labute approximate surface area is 92.4 Å². The van der Waals surface area contributed by atoms with Gasteiger partial charge in [-0.2, -0.15) is 0 Å². The van der Waals surface area contributed by atoms with Crippen LogP contribution in [0.25, 0.3) is 0 Å². The molecule has 4 heteroatoms. The lowest BCUT2D eigenvalue weighted by Crippen LogP contribution is -2.35. The minimum Gasteiger partial charge on any atom is -0.392 e. The van der Waals surface area contributed by atoms with E-state index in [0.29, 0.717) is 25.4 Å². The molecule has 90 valence electrons. The van der Waals surface area contributed by atoms with Gasteiger partial charge in [0.05, 0.1) is 6.10 Å². The number of hydrogen-bond donors (Lipinski definition) is 3. The summed E-state index contributed by atoms with van der Waals surface area (Å²) in [5, 5.41) is 15.2. The molecular weight excluding hydrogens is 192 g/mol. The van der Waals surface area contributed by atoms with Crippen LogP contribution in [-0.4, -0.2) is 37.3 Å². The third-order valence-corrected chi connectivity index (χ3v) is 2.20. The van der Waals surface area contributed by atoms with Crippen molar-refractivity contribution in [1.82, 2.24) is 10.6 Å². The average molecular weight is 216 g/mol. The van der Waals surface area contributed by atoms with E-state index in [1.165, 1.54) is 0 Å². The molecule has 0 fully saturated rings. The van der Waals surface area contributed by atoms with E-state index >= 15 is 0 Å². The van der Waals surface area contributed by atoms with Crippen molar-refractivity contribution in [3.63, 3.8) is 0 Å². The molecule has 15 heavy (non-hydrogen) atoms. The van der Waals surface area contributed by atoms with Crippen LogP contribution in [-0.2, 0) is 4.79 Å². The monoisotopic (exact) mass is 216 g/mol. The molecule has 0 aliphatic rings. The number of rotatable bonds is 7. The number of nitrogens with one attached hydrogen (secondary N) is 2. The van der Waals surface area contributed by atoms with E-state index < -0.39 is 6.10 Å². The highest BCUT2D eigenvalue weighted by Gasteiger charge is 2.16. The molecule has 0 aromatic carbocycles. The van der Waals surface area contributed by atoms with Gasteiger partial charge in [0, 0.05) is 19.0 Å². The second kappa shape index (κ2) is 7.65. The predicted molar refractivity (Wildman–Crippen MR) is 61.6 cm³/mol. The van der Waals surface area contributed by atoms with Gasteiger partial charge in [-0.1, -0.05) is 20.8 Å². The van der Waals surface area contributed by atoms with Crippen LogP contribution >= 0.6 is 0 Å². The maximum Gasteiger partial charge on any atom is 0.222 e. The standard InChI is InChI=1S/C11H24N2O2/c1-8(2)6-13-11(15)9(3)5-10(14)7-12-4/h8-10,12,14H,5-7H2,1-4H3,(H,13,15). The molecule has 0 spiro atoms. The summed E-state index contributed by atoms with van der Waals surface area (Å²) in [6, 6.07) is 0. The van der Waals surface area contributed by atoms with Crippen molar-refractivity contribution in [3.05, 3.63) is 0 Å². The second-order valence-electron chi connectivity index (χ2n) is 4.49. The molecule has 4 nitrogen and oxygen atoms in total. The third kappa shape index (κ3) is 7.33. The van der Waals surface area contributed by atoms with Crippen molar-refractivity contribution in [2.24, 2.45) is 11.8 Å². The maximum absolute atomic E-state index is 11.5. The number of carbonyl (C=O) groups excluding carboxylic acids is 1. The Morgan fingerprint density at radius 3 is 2.33 bits per heavy atom. The van der Waals surface area contributed by atoms with Crippen molar-refractivity contribution in [2.45, 2.75) is 33.3 Å². The third-order valence-electron chi connectivity index (χ3n) is 2.20. The first-order valence-corrected chi connectivity index (χ1v) is 5.57. The topological polar surface area (TPSA) is 61.4 Å². The van der Waals surface area contributed by atoms with Gasteiger partial charge < -0.3 is 15.7 Å². The molecule has 2 unspecified atom stereocenters. The zero-order valence-electron chi connectivity index (χ0n) is 10.2. The van der Waals surface area contributed by atoms with Gasteiger partial charge in [0.2, 0.25) is 5.91 Å². The largest absolute Gasteiger partial charge is 0.392 e. The molecule has 0 aromatic heterocycles. The van der Waals surface area contributed by atoms with Crippen LogP contribution in [0.5, 0.6) is 0 Å². The Balaban J connectivity index is 3.78. The molecule has 0 heterocycles. The summed E-state index contributed by atoms with van der Waals surface area (Å²) >= 11 is 0. The van der Waals surface area contributed by atoms with Gasteiger partial charge >= 0.3 is 0 Å². The molecule has 0 aliphatic heterocycles. The Kier molecular flexibility index (Phi) is 7.34. The van der Waals surface area contributed by atoms with Crippen molar-refractivity contribution >= 4 is 5.91 Å². The van der Waals surface area contributed by atoms with Gasteiger partial charge in [0.15, 0.2) is 0 Å². The zero-order valence-corrected chi connectivity index (χ0v) is 10.2. The van der Waals surface area contributed by atoms with Crippen LogP contribution in [0.15, 0.2) is 0 Å². The fourth-order valence-electron chi connectivity index (χ4n) is 1.31. The van der Waals surface area contributed by atoms with Gasteiger partial charge in [-0.25, -0.2) is 0 Å². The van der Waals surface area contributed by atoms with E-state index in [-0.39, 0.29) is 11.8 Å². The first-order valence-electron chi connectivity index (χ1n) is 5.57. The first-order chi connectivity index (χ1) is 6.97. The lowest BCUT2D eigenvalue weighted by molar-refractivity contribution is -0.125. The Bertz CT molecular complexity index is 183. The summed E-state index contributed by atoms with van der Waals surface area (Å²) in [4.78, 5) is 11.5. The van der Waals surface area contributed by atoms with E-state index in [9.17, 15) is 9.90 Å². The number of carbonyl (C=O) groups is 1. The Hall–Kier alpha value is -0.610. The van der Waals surface area contributed by atoms with Crippen molar-refractivity contribution in [2.75, 3.05) is 20.1 Å². The van der Waals surface area contributed by atoms with Gasteiger partial charge in [0.1, 0.15) is 0 Å². The van der Waals surface area contributed by atoms with Crippen LogP contribution in [0, 0.1) is 11.8 Å². The molecular formula is C11H24N2O2. The van der Waals surface area contributed by atoms with Crippen LogP contribution in [0.1, 0.15) is 27.2 Å². The molecule has 0 bridgehead atoms. The highest BCUT2D eigenvalue weighted by molar-refractivity contribution is 5.78. The van der Waals surface area contributed by atoms with E-state index in [2.05, 4.69) is 24.5 Å². The molecule has 0 aromatic rings. The lowest BCUT2D eigenvalue weighted by Gasteiger charge is -2.16. The number of hydrogen-bond acceptors (Lipinski definition) is 3. The number of aliphatic hydroxyl groups is 1. The first kappa shape index (κ1) is 14.4. The van der Waals surface area contributed by atoms with E-state index in [4.69, 9.17) is 0 Å². The Morgan fingerprint density at radius 1 is 1.27 bits per heavy atom. The summed E-state index contributed by atoms with van der Waals surface area (Å²) in [6.07, 6.45) is 0.0555. The summed E-state index contributed by atoms with van der Waals surface area (Å²) in [6.45, 7) is 7.18. The molecule has 0 aliphatic carbocycles. The lowest BCUT2D eigenvalue weighted by atomic mass is 10.0. The highest BCUT2D eigenvalue weighted by atomic mass is 16.3. The Morgan fingerprint density at radius 2 is 1.87 bits per heavy atom. The fourth-order valence-corrected chi connectivity index (χ4v) is 1.31. The summed E-state index contributed by atoms with van der Waals surface area (Å²) < 4.78 is 0. The van der Waals surface area contributed by atoms with Gasteiger partial charge in [-0.3, -0.25) is 4.79 Å². The second-order valence-corrected chi connectivity index (χ2v) is 4.49. The highest BCUT2D eigenvalue weighted by Crippen LogP contribution is 2.06. The zero-order chi connectivity index (χ0) is 11.8. The van der Waals surface area contributed by atoms with Crippen LogP contribution in [0.2, 0.25) is 0 Å². The molecule has 0 rings (SSSR count). The molecule has 1 amide bonds. The van der Waals surface area contributed by atoms with Gasteiger partial charge in [0.25, 0.3) is 0 Å². The molecule has 0 radical (unpaired) electrons. The van der Waals surface area contributed by atoms with Crippen molar-refractivity contribution < 1.29 is 9.90 Å². The SMILES string of the molecule is CNCC(O)CC(C)C(=O)NCC(C)C. The minimum atomic E-state index is -0.449. The molecule has 3 N–H and O–H groups in total. The van der Waals surface area contributed by atoms with E-state index in [1.807, 2.05) is 6.92 Å². The van der Waals surface area contributed by atoms with E-state index in [0.717, 1.165) is 0 Å². The van der Waals surface area contributed by atoms with Crippen LogP contribution in [0.3, 0.4) is 0 Å². The number of aliphatic hydroxyl groups excluding tert-OH is 1. The van der Waals surface area contributed by atoms with Crippen molar-refractivity contribution in [1.29, 1.82) is 0 Å². The summed E-state index contributed by atoms with van der Waals surface area (Å²) in [5.74, 6) is 0.356. The van der Waals surface area contributed by atoms with Gasteiger partial charge in [-0.05, 0) is 19.4 Å². The quantitative estimate of drug-likeness (QED) is 0.576. The maximum atomic E-state index is 11.5. The van der Waals surface area contributed by atoms with Gasteiger partial charge in [-0.15, -0.1) is 0 Å². The van der Waals surface area contributed by atoms with Crippen LogP contribution < -0.4 is 10.6 Å². The summed E-state index contributed by atoms with van der Waals surface area (Å²) in [7, 11) is 1.78. The summed E-state index contributed by atoms with van der Waals surface area (Å²) in [5.41, 5.74) is 0. The fraction of sp³-hybridized carbons (Fsp3) is 0.909. The molecule has 2 atom stereocenters. The number of amides is 1. The minimum absolute atomic E-state index is 0.0267. The molecule has 0 saturated heterocycles.